The van der Waals surface area contributed by atoms with Gasteiger partial charge in [-0.25, -0.2) is 0 Å². The van der Waals surface area contributed by atoms with Crippen LogP contribution in [0, 0.1) is 0 Å². The summed E-state index contributed by atoms with van der Waals surface area (Å²) in [5.41, 5.74) is 9.38. The van der Waals surface area contributed by atoms with Crippen LogP contribution in [-0.4, -0.2) is 6.61 Å². The van der Waals surface area contributed by atoms with Crippen molar-refractivity contribution < 1.29 is 9.78 Å². The normalized spacial score (nSPS) is 15.8. The van der Waals surface area contributed by atoms with E-state index in [2.05, 4.69) is 0 Å². The molecule has 2 rings (SSSR count). The van der Waals surface area contributed by atoms with Gasteiger partial charge in [-0.15, -0.1) is 0 Å². The summed E-state index contributed by atoms with van der Waals surface area (Å²) in [6.07, 6.45) is 1.96. The standard InChI is InChI=1S/C10H12NO2/c11-7-9-4-1-3-8-5-2-6-12-13-10(8)9/h1,3-4,11H,2,5-7H2. The fourth-order valence-corrected chi connectivity index (χ4v) is 1.50. The van der Waals surface area contributed by atoms with Gasteiger partial charge < -0.3 is 4.89 Å². The fraction of sp³-hybridized carbons (Fsp3) is 0.400. The molecule has 0 saturated heterocycles. The maximum atomic E-state index is 7.32. The number of hydrogen-bond donors (Lipinski definition) is 0. The first-order chi connectivity index (χ1) is 6.42. The first-order valence-corrected chi connectivity index (χ1v) is 4.46. The average Bonchev–Trinajstić information content (AvgIpc) is 2.41. The Kier molecular flexibility index (Phi) is 2.47. The Hall–Kier alpha value is -1.06. The lowest BCUT2D eigenvalue weighted by Gasteiger charge is -2.08. The molecular formula is C10H12NO2. The average molecular weight is 178 g/mol. The second-order valence-electron chi connectivity index (χ2n) is 3.09. The van der Waals surface area contributed by atoms with Crippen LogP contribution in [-0.2, 0) is 17.9 Å². The summed E-state index contributed by atoms with van der Waals surface area (Å²) in [5.74, 6) is 0.759. The van der Waals surface area contributed by atoms with E-state index < -0.39 is 0 Å². The van der Waals surface area contributed by atoms with Crippen LogP contribution in [0.4, 0.5) is 0 Å². The van der Waals surface area contributed by atoms with Crippen molar-refractivity contribution in [3.05, 3.63) is 29.3 Å². The van der Waals surface area contributed by atoms with Gasteiger partial charge in [0.15, 0.2) is 5.75 Å². The van der Waals surface area contributed by atoms with Gasteiger partial charge in [-0.05, 0) is 18.4 Å². The number of para-hydroxylation sites is 1. The van der Waals surface area contributed by atoms with E-state index in [1.807, 2.05) is 18.2 Å². The van der Waals surface area contributed by atoms with E-state index >= 15 is 0 Å². The third kappa shape index (κ3) is 1.66. The van der Waals surface area contributed by atoms with Crippen LogP contribution in [0.15, 0.2) is 18.2 Å². The van der Waals surface area contributed by atoms with Gasteiger partial charge in [0.2, 0.25) is 0 Å². The second kappa shape index (κ2) is 3.77. The van der Waals surface area contributed by atoms with E-state index in [-0.39, 0.29) is 6.54 Å². The summed E-state index contributed by atoms with van der Waals surface area (Å²) < 4.78 is 0. The van der Waals surface area contributed by atoms with Crippen LogP contribution in [0.5, 0.6) is 5.75 Å². The number of rotatable bonds is 1. The number of fused-ring (bicyclic) bond motifs is 1. The van der Waals surface area contributed by atoms with E-state index in [0.29, 0.717) is 6.61 Å². The van der Waals surface area contributed by atoms with Crippen LogP contribution in [0.2, 0.25) is 0 Å². The van der Waals surface area contributed by atoms with Gasteiger partial charge >= 0.3 is 0 Å². The number of nitrogens with one attached hydrogen (secondary N) is 1. The molecular weight excluding hydrogens is 166 g/mol. The Balaban J connectivity index is 2.40. The van der Waals surface area contributed by atoms with Gasteiger partial charge in [-0.3, -0.25) is 5.73 Å². The van der Waals surface area contributed by atoms with E-state index in [0.717, 1.165) is 29.7 Å². The molecule has 1 heterocycles. The van der Waals surface area contributed by atoms with Crippen molar-refractivity contribution in [3.8, 4) is 5.75 Å². The van der Waals surface area contributed by atoms with E-state index in [4.69, 9.17) is 15.5 Å². The molecule has 1 aliphatic heterocycles. The Morgan fingerprint density at radius 3 is 3.15 bits per heavy atom. The van der Waals surface area contributed by atoms with E-state index in [1.165, 1.54) is 0 Å². The molecule has 3 heteroatoms. The molecule has 13 heavy (non-hydrogen) atoms. The first-order valence-electron chi connectivity index (χ1n) is 4.46. The van der Waals surface area contributed by atoms with Gasteiger partial charge in [0.1, 0.15) is 0 Å². The smallest absolute Gasteiger partial charge is 0.173 e. The highest BCUT2D eigenvalue weighted by Crippen LogP contribution is 2.27. The molecule has 0 amide bonds. The largest absolute Gasteiger partial charge is 0.337 e. The van der Waals surface area contributed by atoms with Crippen LogP contribution in [0.1, 0.15) is 17.5 Å². The lowest BCUT2D eigenvalue weighted by Crippen LogP contribution is -1.99. The minimum Gasteiger partial charge on any atom is -0.337 e. The van der Waals surface area contributed by atoms with Gasteiger partial charge in [0.25, 0.3) is 0 Å². The highest BCUT2D eigenvalue weighted by atomic mass is 17.2. The molecule has 0 spiro atoms. The van der Waals surface area contributed by atoms with Crippen molar-refractivity contribution >= 4 is 0 Å². The van der Waals surface area contributed by atoms with Crippen molar-refractivity contribution in [2.45, 2.75) is 19.4 Å². The Morgan fingerprint density at radius 2 is 2.31 bits per heavy atom. The highest BCUT2D eigenvalue weighted by molar-refractivity contribution is 5.41. The van der Waals surface area contributed by atoms with Crippen molar-refractivity contribution in [2.24, 2.45) is 0 Å². The summed E-state index contributed by atoms with van der Waals surface area (Å²) >= 11 is 0. The Bertz CT molecular complexity index is 299. The monoisotopic (exact) mass is 178 g/mol. The molecule has 0 unspecified atom stereocenters. The predicted octanol–water partition coefficient (Wildman–Crippen LogP) is 1.73. The summed E-state index contributed by atoms with van der Waals surface area (Å²) in [6.45, 7) is 0.874. The quantitative estimate of drug-likeness (QED) is 0.614. The van der Waals surface area contributed by atoms with E-state index in [9.17, 15) is 0 Å². The first kappa shape index (κ1) is 8.53. The zero-order chi connectivity index (χ0) is 9.10. The molecule has 0 aromatic heterocycles. The lowest BCUT2D eigenvalue weighted by atomic mass is 10.1. The summed E-state index contributed by atoms with van der Waals surface area (Å²) in [7, 11) is 0. The van der Waals surface area contributed by atoms with Crippen molar-refractivity contribution in [3.63, 3.8) is 0 Å². The second-order valence-corrected chi connectivity index (χ2v) is 3.09. The maximum absolute atomic E-state index is 7.32. The van der Waals surface area contributed by atoms with Crippen LogP contribution in [0.3, 0.4) is 0 Å². The van der Waals surface area contributed by atoms with Gasteiger partial charge in [-0.2, -0.15) is 4.89 Å². The summed E-state index contributed by atoms with van der Waals surface area (Å²) in [6, 6.07) is 5.90. The van der Waals surface area contributed by atoms with Gasteiger partial charge in [-0.1, -0.05) is 18.2 Å². The topological polar surface area (TPSA) is 42.3 Å². The van der Waals surface area contributed by atoms with Gasteiger partial charge in [0, 0.05) is 12.1 Å². The van der Waals surface area contributed by atoms with E-state index in [1.54, 1.807) is 0 Å². The molecule has 0 atom stereocenters. The van der Waals surface area contributed by atoms with Crippen LogP contribution >= 0.6 is 0 Å². The highest BCUT2D eigenvalue weighted by Gasteiger charge is 2.13. The molecule has 0 fully saturated rings. The minimum absolute atomic E-state index is 0.243. The minimum atomic E-state index is 0.243. The third-order valence-corrected chi connectivity index (χ3v) is 2.18. The molecule has 1 aromatic carbocycles. The van der Waals surface area contributed by atoms with Crippen LogP contribution < -0.4 is 10.6 Å². The molecule has 3 nitrogen and oxygen atoms in total. The molecule has 69 valence electrons. The van der Waals surface area contributed by atoms with Gasteiger partial charge in [0.05, 0.1) is 6.61 Å². The zero-order valence-corrected chi connectivity index (χ0v) is 7.38. The molecule has 1 N–H and O–H groups in total. The van der Waals surface area contributed by atoms with Crippen LogP contribution in [0.25, 0.3) is 0 Å². The molecule has 1 radical (unpaired) electrons. The zero-order valence-electron chi connectivity index (χ0n) is 7.38. The molecule has 1 aromatic rings. The maximum Gasteiger partial charge on any atom is 0.173 e. The number of aryl methyl sites for hydroxylation is 1. The summed E-state index contributed by atoms with van der Waals surface area (Å²) in [5, 5.41) is 0. The number of hydrogen-bond acceptors (Lipinski definition) is 2. The molecule has 0 bridgehead atoms. The fourth-order valence-electron chi connectivity index (χ4n) is 1.50. The van der Waals surface area contributed by atoms with Crippen molar-refractivity contribution in [1.29, 1.82) is 0 Å². The Labute approximate surface area is 77.4 Å². The lowest BCUT2D eigenvalue weighted by molar-refractivity contribution is -0.204. The predicted molar refractivity (Wildman–Crippen MR) is 48.1 cm³/mol. The number of benzene rings is 1. The summed E-state index contributed by atoms with van der Waals surface area (Å²) in [4.78, 5) is 10.1. The van der Waals surface area contributed by atoms with Crippen molar-refractivity contribution in [1.82, 2.24) is 5.73 Å². The SMILES string of the molecule is [NH]Cc1cccc2c1OOCCC2. The molecule has 1 aliphatic rings. The molecule has 0 saturated carbocycles. The Morgan fingerprint density at radius 1 is 1.38 bits per heavy atom. The molecule has 0 aliphatic carbocycles. The third-order valence-electron chi connectivity index (χ3n) is 2.18. The van der Waals surface area contributed by atoms with Crippen molar-refractivity contribution in [2.75, 3.05) is 6.61 Å².